The summed E-state index contributed by atoms with van der Waals surface area (Å²) in [6.45, 7) is 4.11. The van der Waals surface area contributed by atoms with Gasteiger partial charge in [-0.1, -0.05) is 25.1 Å². The summed E-state index contributed by atoms with van der Waals surface area (Å²) >= 11 is 5.87. The minimum Gasteiger partial charge on any atom is -0.351 e. The summed E-state index contributed by atoms with van der Waals surface area (Å²) < 4.78 is 3.94. The highest BCUT2D eigenvalue weighted by Crippen LogP contribution is 2.24. The SMILES string of the molecule is CCc1nn(-c2ccccc2)c(-n2cccc2)c1CNC(=O)C(C)Cl. The highest BCUT2D eigenvalue weighted by atomic mass is 35.5. The maximum atomic E-state index is 11.9. The number of aryl methyl sites for hydroxylation is 1. The van der Waals surface area contributed by atoms with Gasteiger partial charge in [0.25, 0.3) is 0 Å². The van der Waals surface area contributed by atoms with Gasteiger partial charge in [-0.3, -0.25) is 4.79 Å². The van der Waals surface area contributed by atoms with Crippen LogP contribution in [0.4, 0.5) is 0 Å². The molecule has 1 aromatic carbocycles. The van der Waals surface area contributed by atoms with E-state index in [-0.39, 0.29) is 5.91 Å². The fourth-order valence-corrected chi connectivity index (χ4v) is 2.83. The number of benzene rings is 1. The molecule has 1 atom stereocenters. The fourth-order valence-electron chi connectivity index (χ4n) is 2.76. The number of rotatable bonds is 6. The summed E-state index contributed by atoms with van der Waals surface area (Å²) in [5.74, 6) is 0.741. The zero-order chi connectivity index (χ0) is 17.8. The molecule has 1 amide bonds. The maximum Gasteiger partial charge on any atom is 0.238 e. The summed E-state index contributed by atoms with van der Waals surface area (Å²) in [5.41, 5.74) is 2.92. The van der Waals surface area contributed by atoms with Crippen molar-refractivity contribution in [1.82, 2.24) is 19.7 Å². The third-order valence-corrected chi connectivity index (χ3v) is 4.22. The monoisotopic (exact) mass is 356 g/mol. The Morgan fingerprint density at radius 1 is 1.20 bits per heavy atom. The largest absolute Gasteiger partial charge is 0.351 e. The van der Waals surface area contributed by atoms with Crippen molar-refractivity contribution >= 4 is 17.5 Å². The van der Waals surface area contributed by atoms with E-state index in [1.807, 2.05) is 64.1 Å². The van der Waals surface area contributed by atoms with Crippen LogP contribution < -0.4 is 5.32 Å². The van der Waals surface area contributed by atoms with Crippen LogP contribution in [0.25, 0.3) is 11.5 Å². The van der Waals surface area contributed by atoms with E-state index in [0.29, 0.717) is 6.54 Å². The molecular formula is C19H21ClN4O. The van der Waals surface area contributed by atoms with Gasteiger partial charge < -0.3 is 9.88 Å². The van der Waals surface area contributed by atoms with E-state index >= 15 is 0 Å². The Balaban J connectivity index is 2.09. The van der Waals surface area contributed by atoms with Crippen LogP contribution >= 0.6 is 11.6 Å². The molecule has 0 aliphatic carbocycles. The summed E-state index contributed by atoms with van der Waals surface area (Å²) in [6, 6.07) is 13.9. The number of carbonyl (C=O) groups is 1. The van der Waals surface area contributed by atoms with Crippen molar-refractivity contribution < 1.29 is 4.79 Å². The van der Waals surface area contributed by atoms with E-state index < -0.39 is 5.38 Å². The quantitative estimate of drug-likeness (QED) is 0.687. The Morgan fingerprint density at radius 3 is 2.48 bits per heavy atom. The molecular weight excluding hydrogens is 336 g/mol. The summed E-state index contributed by atoms with van der Waals surface area (Å²) in [4.78, 5) is 11.9. The molecule has 0 aliphatic heterocycles. The molecule has 130 valence electrons. The zero-order valence-corrected chi connectivity index (χ0v) is 15.1. The smallest absolute Gasteiger partial charge is 0.238 e. The lowest BCUT2D eigenvalue weighted by atomic mass is 10.2. The number of carbonyl (C=O) groups excluding carboxylic acids is 1. The second kappa shape index (κ2) is 7.57. The minimum atomic E-state index is -0.565. The summed E-state index contributed by atoms with van der Waals surface area (Å²) in [7, 11) is 0. The summed E-state index contributed by atoms with van der Waals surface area (Å²) in [5, 5.41) is 7.13. The lowest BCUT2D eigenvalue weighted by molar-refractivity contribution is -0.120. The van der Waals surface area contributed by atoms with Gasteiger partial charge in [-0.2, -0.15) is 5.10 Å². The van der Waals surface area contributed by atoms with E-state index in [4.69, 9.17) is 16.7 Å². The molecule has 3 aromatic rings. The van der Waals surface area contributed by atoms with Gasteiger partial charge in [-0.15, -0.1) is 11.6 Å². The van der Waals surface area contributed by atoms with E-state index in [1.54, 1.807) is 6.92 Å². The first-order valence-corrected chi connectivity index (χ1v) is 8.76. The number of aromatic nitrogens is 3. The number of amides is 1. The van der Waals surface area contributed by atoms with Crippen molar-refractivity contribution in [3.8, 4) is 11.5 Å². The number of hydrogen-bond donors (Lipinski definition) is 1. The molecule has 5 nitrogen and oxygen atoms in total. The van der Waals surface area contributed by atoms with E-state index in [9.17, 15) is 4.79 Å². The van der Waals surface area contributed by atoms with Crippen LogP contribution in [0.3, 0.4) is 0 Å². The van der Waals surface area contributed by atoms with Gasteiger partial charge in [0.15, 0.2) is 0 Å². The molecule has 6 heteroatoms. The third kappa shape index (κ3) is 3.61. The number of nitrogens with zero attached hydrogens (tertiary/aromatic N) is 3. The van der Waals surface area contributed by atoms with Gasteiger partial charge in [-0.05, 0) is 37.6 Å². The van der Waals surface area contributed by atoms with Crippen LogP contribution in [0.1, 0.15) is 25.1 Å². The maximum absolute atomic E-state index is 11.9. The normalized spacial score (nSPS) is 12.1. The Morgan fingerprint density at radius 2 is 1.88 bits per heavy atom. The zero-order valence-electron chi connectivity index (χ0n) is 14.3. The van der Waals surface area contributed by atoms with Gasteiger partial charge in [0.05, 0.1) is 11.4 Å². The number of nitrogens with one attached hydrogen (secondary N) is 1. The van der Waals surface area contributed by atoms with Crippen molar-refractivity contribution in [1.29, 1.82) is 0 Å². The molecule has 0 fully saturated rings. The van der Waals surface area contributed by atoms with Crippen molar-refractivity contribution in [3.63, 3.8) is 0 Å². The topological polar surface area (TPSA) is 51.9 Å². The predicted octanol–water partition coefficient (Wildman–Crippen LogP) is 3.47. The highest BCUT2D eigenvalue weighted by molar-refractivity contribution is 6.30. The fraction of sp³-hybridized carbons (Fsp3) is 0.263. The molecule has 0 saturated carbocycles. The van der Waals surface area contributed by atoms with E-state index in [2.05, 4.69) is 12.2 Å². The molecule has 2 aromatic heterocycles. The lowest BCUT2D eigenvalue weighted by Gasteiger charge is -2.12. The van der Waals surface area contributed by atoms with Crippen molar-refractivity contribution in [2.75, 3.05) is 0 Å². The van der Waals surface area contributed by atoms with Crippen LogP contribution in [0.5, 0.6) is 0 Å². The average Bonchev–Trinajstić information content (AvgIpc) is 3.27. The first-order chi connectivity index (χ1) is 12.1. The molecule has 1 unspecified atom stereocenters. The molecule has 0 spiro atoms. The number of alkyl halides is 1. The second-order valence-electron chi connectivity index (χ2n) is 5.77. The van der Waals surface area contributed by atoms with Crippen LogP contribution in [0, 0.1) is 0 Å². The van der Waals surface area contributed by atoms with Gasteiger partial charge in [0, 0.05) is 24.5 Å². The Kier molecular flexibility index (Phi) is 5.24. The number of para-hydroxylation sites is 1. The minimum absolute atomic E-state index is 0.186. The highest BCUT2D eigenvalue weighted by Gasteiger charge is 2.20. The van der Waals surface area contributed by atoms with Crippen LogP contribution in [0.2, 0.25) is 0 Å². The van der Waals surface area contributed by atoms with Crippen molar-refractivity contribution in [2.24, 2.45) is 0 Å². The Hall–Kier alpha value is -2.53. The van der Waals surface area contributed by atoms with Gasteiger partial charge >= 0.3 is 0 Å². The number of hydrogen-bond acceptors (Lipinski definition) is 2. The molecule has 2 heterocycles. The van der Waals surface area contributed by atoms with E-state index in [0.717, 1.165) is 29.2 Å². The first kappa shape index (κ1) is 17.3. The molecule has 0 aliphatic rings. The summed E-state index contributed by atoms with van der Waals surface area (Å²) in [6.07, 6.45) is 4.73. The third-order valence-electron chi connectivity index (χ3n) is 4.02. The molecule has 1 N–H and O–H groups in total. The second-order valence-corrected chi connectivity index (χ2v) is 6.43. The molecule has 3 rings (SSSR count). The molecule has 0 radical (unpaired) electrons. The predicted molar refractivity (Wildman–Crippen MR) is 99.4 cm³/mol. The van der Waals surface area contributed by atoms with Crippen molar-refractivity contribution in [3.05, 3.63) is 66.1 Å². The number of halogens is 1. The van der Waals surface area contributed by atoms with Gasteiger partial charge in [0.1, 0.15) is 11.2 Å². The molecule has 0 saturated heterocycles. The Bertz CT molecular complexity index is 838. The average molecular weight is 357 g/mol. The lowest BCUT2D eigenvalue weighted by Crippen LogP contribution is -2.29. The van der Waals surface area contributed by atoms with Crippen LogP contribution in [-0.4, -0.2) is 25.6 Å². The van der Waals surface area contributed by atoms with Gasteiger partial charge in [0.2, 0.25) is 5.91 Å². The standard InChI is InChI=1S/C19H21ClN4O/c1-3-17-16(13-21-18(25)14(2)20)19(23-11-7-8-12-23)24(22-17)15-9-5-4-6-10-15/h4-12,14H,3,13H2,1-2H3,(H,21,25). The van der Waals surface area contributed by atoms with Gasteiger partial charge in [-0.25, -0.2) is 4.68 Å². The Labute approximate surface area is 152 Å². The molecule has 0 bridgehead atoms. The molecule has 25 heavy (non-hydrogen) atoms. The van der Waals surface area contributed by atoms with E-state index in [1.165, 1.54) is 0 Å². The van der Waals surface area contributed by atoms with Crippen LogP contribution in [0.15, 0.2) is 54.9 Å². The van der Waals surface area contributed by atoms with Crippen molar-refractivity contribution in [2.45, 2.75) is 32.2 Å². The first-order valence-electron chi connectivity index (χ1n) is 8.33. The van der Waals surface area contributed by atoms with Crippen LogP contribution in [-0.2, 0) is 17.8 Å².